The molecule has 1 unspecified atom stereocenters. The Hall–Kier alpha value is -2.29. The zero-order chi connectivity index (χ0) is 11.8. The number of nitrogens with two attached hydrogens (primary N) is 1. The quantitative estimate of drug-likeness (QED) is 0.644. The summed E-state index contributed by atoms with van der Waals surface area (Å²) in [6, 6.07) is 5.62. The lowest BCUT2D eigenvalue weighted by Gasteiger charge is -2.14. The van der Waals surface area contributed by atoms with Gasteiger partial charge < -0.3 is 10.5 Å². The number of fused-ring (bicyclic) bond motifs is 2. The molecule has 3 heteroatoms. The van der Waals surface area contributed by atoms with Gasteiger partial charge in [0.05, 0.1) is 6.26 Å². The van der Waals surface area contributed by atoms with Crippen molar-refractivity contribution in [2.45, 2.75) is 6.10 Å². The average Bonchev–Trinajstić information content (AvgIpc) is 2.47. The monoisotopic (exact) mass is 225 g/mol. The second-order valence-corrected chi connectivity index (χ2v) is 4.11. The van der Waals surface area contributed by atoms with Gasteiger partial charge in [-0.2, -0.15) is 0 Å². The zero-order valence-electron chi connectivity index (χ0n) is 9.09. The highest BCUT2D eigenvalue weighted by Gasteiger charge is 2.16. The molecule has 1 aromatic rings. The lowest BCUT2D eigenvalue weighted by Crippen LogP contribution is -2.24. The van der Waals surface area contributed by atoms with E-state index in [0.717, 1.165) is 16.0 Å². The van der Waals surface area contributed by atoms with Crippen molar-refractivity contribution in [2.75, 3.05) is 5.73 Å². The van der Waals surface area contributed by atoms with Crippen LogP contribution in [0.25, 0.3) is 12.3 Å². The summed E-state index contributed by atoms with van der Waals surface area (Å²) in [7, 11) is 0. The minimum atomic E-state index is -0.179. The molecule has 0 amide bonds. The van der Waals surface area contributed by atoms with Gasteiger partial charge in [0.2, 0.25) is 0 Å². The second-order valence-electron chi connectivity index (χ2n) is 4.11. The maximum absolute atomic E-state index is 11.3. The first-order chi connectivity index (χ1) is 8.22. The van der Waals surface area contributed by atoms with Gasteiger partial charge in [0.1, 0.15) is 6.10 Å². The van der Waals surface area contributed by atoms with Crippen molar-refractivity contribution in [1.29, 1.82) is 0 Å². The van der Waals surface area contributed by atoms with E-state index in [-0.39, 0.29) is 11.9 Å². The zero-order valence-corrected chi connectivity index (χ0v) is 9.09. The second kappa shape index (κ2) is 3.63. The lowest BCUT2D eigenvalue weighted by molar-refractivity contribution is -0.110. The fourth-order valence-corrected chi connectivity index (χ4v) is 1.99. The van der Waals surface area contributed by atoms with Crippen LogP contribution in [0.4, 0.5) is 5.69 Å². The highest BCUT2D eigenvalue weighted by atomic mass is 16.5. The number of allylic oxidation sites excluding steroid dienone is 2. The van der Waals surface area contributed by atoms with Crippen molar-refractivity contribution in [3.8, 4) is 0 Å². The van der Waals surface area contributed by atoms with E-state index in [2.05, 4.69) is 0 Å². The molecule has 0 fully saturated rings. The van der Waals surface area contributed by atoms with Crippen molar-refractivity contribution >= 4 is 23.8 Å². The SMILES string of the molecule is Nc1ccc2c(c1)=COC1C=CC(=O)C=C1C=2. The number of carbonyl (C=O) groups is 1. The molecule has 2 aliphatic rings. The highest BCUT2D eigenvalue weighted by Crippen LogP contribution is 2.16. The minimum Gasteiger partial charge on any atom is -0.489 e. The molecule has 0 bridgehead atoms. The number of anilines is 1. The van der Waals surface area contributed by atoms with Crippen molar-refractivity contribution in [3.63, 3.8) is 0 Å². The number of nitrogen functional groups attached to an aromatic ring is 1. The van der Waals surface area contributed by atoms with Crippen LogP contribution in [0, 0.1) is 0 Å². The van der Waals surface area contributed by atoms with Crippen molar-refractivity contribution < 1.29 is 9.53 Å². The summed E-state index contributed by atoms with van der Waals surface area (Å²) < 4.78 is 5.62. The van der Waals surface area contributed by atoms with Gasteiger partial charge in [-0.05, 0) is 41.7 Å². The molecular formula is C14H11NO2. The molecule has 0 saturated heterocycles. The average molecular weight is 225 g/mol. The Bertz CT molecular complexity index is 668. The van der Waals surface area contributed by atoms with Crippen molar-refractivity contribution in [1.82, 2.24) is 0 Å². The normalized spacial score (nSPS) is 21.1. The summed E-state index contributed by atoms with van der Waals surface area (Å²) in [5.41, 5.74) is 7.30. The molecular weight excluding hydrogens is 214 g/mol. The summed E-state index contributed by atoms with van der Waals surface area (Å²) in [6.45, 7) is 0. The Balaban J connectivity index is 2.23. The molecule has 0 saturated carbocycles. The summed E-state index contributed by atoms with van der Waals surface area (Å²) in [4.78, 5) is 11.3. The first kappa shape index (κ1) is 9.90. The van der Waals surface area contributed by atoms with E-state index < -0.39 is 0 Å². The first-order valence-electron chi connectivity index (χ1n) is 5.39. The number of rotatable bonds is 0. The number of ether oxygens (including phenoxy) is 1. The van der Waals surface area contributed by atoms with Gasteiger partial charge in [-0.3, -0.25) is 4.79 Å². The van der Waals surface area contributed by atoms with Crippen LogP contribution in [0.5, 0.6) is 0 Å². The summed E-state index contributed by atoms with van der Waals surface area (Å²) in [5, 5.41) is 1.94. The third kappa shape index (κ3) is 1.76. The van der Waals surface area contributed by atoms with Gasteiger partial charge in [0.15, 0.2) is 5.78 Å². The molecule has 1 aliphatic carbocycles. The first-order valence-corrected chi connectivity index (χ1v) is 5.39. The predicted molar refractivity (Wildman–Crippen MR) is 66.1 cm³/mol. The Morgan fingerprint density at radius 2 is 2.06 bits per heavy atom. The van der Waals surface area contributed by atoms with Crippen LogP contribution in [0.3, 0.4) is 0 Å². The van der Waals surface area contributed by atoms with Crippen LogP contribution in [-0.4, -0.2) is 11.9 Å². The van der Waals surface area contributed by atoms with E-state index in [9.17, 15) is 4.79 Å². The topological polar surface area (TPSA) is 52.3 Å². The van der Waals surface area contributed by atoms with Gasteiger partial charge in [0, 0.05) is 16.5 Å². The van der Waals surface area contributed by atoms with Crippen LogP contribution < -0.4 is 16.2 Å². The largest absolute Gasteiger partial charge is 0.489 e. The van der Waals surface area contributed by atoms with Gasteiger partial charge in [-0.25, -0.2) is 0 Å². The Morgan fingerprint density at radius 1 is 1.18 bits per heavy atom. The van der Waals surface area contributed by atoms with E-state index in [1.807, 2.05) is 24.3 Å². The van der Waals surface area contributed by atoms with Crippen LogP contribution in [0.2, 0.25) is 0 Å². The maximum Gasteiger partial charge on any atom is 0.178 e. The third-order valence-electron chi connectivity index (χ3n) is 2.85. The molecule has 0 spiro atoms. The molecule has 1 atom stereocenters. The molecule has 1 aliphatic heterocycles. The van der Waals surface area contributed by atoms with Crippen LogP contribution >= 0.6 is 0 Å². The van der Waals surface area contributed by atoms with E-state index in [1.165, 1.54) is 6.08 Å². The van der Waals surface area contributed by atoms with E-state index >= 15 is 0 Å². The fraction of sp³-hybridized carbons (Fsp3) is 0.0714. The fourth-order valence-electron chi connectivity index (χ4n) is 1.99. The van der Waals surface area contributed by atoms with Crippen LogP contribution in [0.15, 0.2) is 42.0 Å². The van der Waals surface area contributed by atoms with Crippen molar-refractivity contribution in [3.05, 3.63) is 52.4 Å². The van der Waals surface area contributed by atoms with Gasteiger partial charge in [-0.15, -0.1) is 0 Å². The van der Waals surface area contributed by atoms with Gasteiger partial charge in [0.25, 0.3) is 0 Å². The number of benzene rings is 1. The summed E-state index contributed by atoms with van der Waals surface area (Å²) in [5.74, 6) is -0.00463. The van der Waals surface area contributed by atoms with Gasteiger partial charge >= 0.3 is 0 Å². The standard InChI is InChI=1S/C14H11NO2/c15-12-2-1-9-5-10-7-13(16)3-4-14(10)17-8-11(9)6-12/h1-8,14H,15H2. The Morgan fingerprint density at radius 3 is 2.94 bits per heavy atom. The molecule has 1 heterocycles. The van der Waals surface area contributed by atoms with E-state index in [4.69, 9.17) is 10.5 Å². The highest BCUT2D eigenvalue weighted by molar-refractivity contribution is 6.02. The molecule has 2 N–H and O–H groups in total. The minimum absolute atomic E-state index is 0.00463. The van der Waals surface area contributed by atoms with Crippen LogP contribution in [0.1, 0.15) is 0 Å². The maximum atomic E-state index is 11.3. The third-order valence-corrected chi connectivity index (χ3v) is 2.85. The molecule has 3 nitrogen and oxygen atoms in total. The van der Waals surface area contributed by atoms with Gasteiger partial charge in [-0.1, -0.05) is 6.07 Å². The summed E-state index contributed by atoms with van der Waals surface area (Å²) in [6.07, 6.45) is 8.36. The molecule has 1 aromatic carbocycles. The Kier molecular flexibility index (Phi) is 2.11. The lowest BCUT2D eigenvalue weighted by atomic mass is 10.0. The number of hydrogen-bond donors (Lipinski definition) is 1. The smallest absolute Gasteiger partial charge is 0.178 e. The number of carbonyl (C=O) groups excluding carboxylic acids is 1. The van der Waals surface area contributed by atoms with E-state index in [1.54, 1.807) is 18.4 Å². The molecule has 0 aromatic heterocycles. The Labute approximate surface area is 98.2 Å². The van der Waals surface area contributed by atoms with Crippen molar-refractivity contribution in [2.24, 2.45) is 0 Å². The molecule has 0 radical (unpaired) electrons. The molecule has 3 rings (SSSR count). The molecule has 17 heavy (non-hydrogen) atoms. The summed E-state index contributed by atoms with van der Waals surface area (Å²) >= 11 is 0. The van der Waals surface area contributed by atoms with E-state index in [0.29, 0.717) is 5.69 Å². The predicted octanol–water partition coefficient (Wildman–Crippen LogP) is 0.251. The van der Waals surface area contributed by atoms with Crippen LogP contribution in [-0.2, 0) is 9.53 Å². The number of hydrogen-bond acceptors (Lipinski definition) is 3. The number of ketones is 1. The molecule has 84 valence electrons.